The first-order valence-corrected chi connectivity index (χ1v) is 8.69. The number of nitrogens with one attached hydrogen (secondary N) is 2. The predicted octanol–water partition coefficient (Wildman–Crippen LogP) is 0.274. The molecule has 4 rings (SSSR count). The number of piperidine rings is 1. The highest BCUT2D eigenvalue weighted by Crippen LogP contribution is 2.38. The van der Waals surface area contributed by atoms with Gasteiger partial charge < -0.3 is 15.1 Å². The summed E-state index contributed by atoms with van der Waals surface area (Å²) in [5, 5.41) is 5.15. The number of carbonyl (C=O) groups is 3. The van der Waals surface area contributed by atoms with E-state index in [1.807, 2.05) is 0 Å². The van der Waals surface area contributed by atoms with Crippen LogP contribution in [-0.4, -0.2) is 54.8 Å². The van der Waals surface area contributed by atoms with E-state index in [0.717, 1.165) is 4.90 Å². The summed E-state index contributed by atoms with van der Waals surface area (Å²) in [7, 11) is 0. The standard InChI is InChI=1S/C17H17F3N4O3/c18-12-8-7-24(9-1-2-10(25)22-16(9)26)17(27)11(8)13(19)14(20)15(12)23-5-3-21-4-6-23/h9,21H,1-7H2,(H,22,25,26). The molecule has 1 aromatic rings. The first-order chi connectivity index (χ1) is 12.9. The molecule has 1 atom stereocenters. The molecule has 3 aliphatic rings. The number of fused-ring (bicyclic) bond motifs is 1. The molecule has 2 fully saturated rings. The molecule has 0 saturated carbocycles. The molecule has 0 radical (unpaired) electrons. The molecule has 0 bridgehead atoms. The zero-order valence-corrected chi connectivity index (χ0v) is 14.3. The number of imide groups is 1. The lowest BCUT2D eigenvalue weighted by molar-refractivity contribution is -0.136. The van der Waals surface area contributed by atoms with Crippen LogP contribution in [-0.2, 0) is 16.1 Å². The van der Waals surface area contributed by atoms with E-state index < -0.39 is 52.5 Å². The minimum absolute atomic E-state index is 0.0158. The maximum Gasteiger partial charge on any atom is 0.258 e. The summed E-state index contributed by atoms with van der Waals surface area (Å²) in [5.74, 6) is -5.89. The Hall–Kier alpha value is -2.62. The molecule has 27 heavy (non-hydrogen) atoms. The second kappa shape index (κ2) is 6.52. The normalized spacial score (nSPS) is 22.9. The van der Waals surface area contributed by atoms with Crippen LogP contribution < -0.4 is 15.5 Å². The molecule has 1 aromatic carbocycles. The molecule has 1 unspecified atom stereocenters. The average molecular weight is 382 g/mol. The number of halogens is 3. The Labute approximate surface area is 152 Å². The van der Waals surface area contributed by atoms with E-state index in [1.54, 1.807) is 0 Å². The van der Waals surface area contributed by atoms with Gasteiger partial charge in [0.05, 0.1) is 12.1 Å². The maximum atomic E-state index is 15.1. The van der Waals surface area contributed by atoms with Crippen LogP contribution in [0, 0.1) is 17.5 Å². The third-order valence-electron chi connectivity index (χ3n) is 5.22. The summed E-state index contributed by atoms with van der Waals surface area (Å²) < 4.78 is 44.3. The summed E-state index contributed by atoms with van der Waals surface area (Å²) in [5.41, 5.74) is -1.41. The van der Waals surface area contributed by atoms with Crippen molar-refractivity contribution in [1.82, 2.24) is 15.5 Å². The SMILES string of the molecule is O=C1CCC(N2Cc3c(F)c(N4CCNCC4)c(F)c(F)c3C2=O)C(=O)N1. The number of carbonyl (C=O) groups excluding carboxylic acids is 3. The average Bonchev–Trinajstić information content (AvgIpc) is 2.99. The zero-order chi connectivity index (χ0) is 19.3. The fourth-order valence-corrected chi connectivity index (χ4v) is 3.85. The van der Waals surface area contributed by atoms with Gasteiger partial charge in [-0.3, -0.25) is 19.7 Å². The first kappa shape index (κ1) is 17.8. The largest absolute Gasteiger partial charge is 0.364 e. The minimum atomic E-state index is -1.40. The number of anilines is 1. The molecule has 3 amide bonds. The van der Waals surface area contributed by atoms with E-state index in [0.29, 0.717) is 26.2 Å². The fraction of sp³-hybridized carbons (Fsp3) is 0.471. The molecule has 3 aliphatic heterocycles. The van der Waals surface area contributed by atoms with E-state index in [4.69, 9.17) is 0 Å². The van der Waals surface area contributed by atoms with Gasteiger partial charge in [0.2, 0.25) is 11.8 Å². The molecular formula is C17H17F3N4O3. The van der Waals surface area contributed by atoms with Gasteiger partial charge in [-0.25, -0.2) is 13.2 Å². The number of piperazine rings is 1. The molecule has 2 N–H and O–H groups in total. The Morgan fingerprint density at radius 1 is 0.963 bits per heavy atom. The van der Waals surface area contributed by atoms with Crippen molar-refractivity contribution in [1.29, 1.82) is 0 Å². The van der Waals surface area contributed by atoms with Gasteiger partial charge >= 0.3 is 0 Å². The van der Waals surface area contributed by atoms with Crippen LogP contribution in [0.3, 0.4) is 0 Å². The Morgan fingerprint density at radius 3 is 2.33 bits per heavy atom. The molecule has 0 aliphatic carbocycles. The van der Waals surface area contributed by atoms with Crippen molar-refractivity contribution < 1.29 is 27.6 Å². The smallest absolute Gasteiger partial charge is 0.258 e. The van der Waals surface area contributed by atoms with Crippen molar-refractivity contribution in [3.8, 4) is 0 Å². The van der Waals surface area contributed by atoms with Crippen LogP contribution in [0.2, 0.25) is 0 Å². The molecule has 10 heteroatoms. The van der Waals surface area contributed by atoms with Crippen LogP contribution in [0.15, 0.2) is 0 Å². The lowest BCUT2D eigenvalue weighted by Gasteiger charge is -2.30. The monoisotopic (exact) mass is 382 g/mol. The van der Waals surface area contributed by atoms with Crippen molar-refractivity contribution in [2.75, 3.05) is 31.1 Å². The zero-order valence-electron chi connectivity index (χ0n) is 14.3. The topological polar surface area (TPSA) is 81.8 Å². The van der Waals surface area contributed by atoms with E-state index in [1.165, 1.54) is 4.90 Å². The lowest BCUT2D eigenvalue weighted by atomic mass is 10.0. The Balaban J connectivity index is 1.72. The van der Waals surface area contributed by atoms with Crippen molar-refractivity contribution in [3.05, 3.63) is 28.6 Å². The predicted molar refractivity (Wildman–Crippen MR) is 87.4 cm³/mol. The summed E-state index contributed by atoms with van der Waals surface area (Å²) in [4.78, 5) is 38.3. The van der Waals surface area contributed by atoms with E-state index in [2.05, 4.69) is 10.6 Å². The molecule has 3 heterocycles. The summed E-state index contributed by atoms with van der Waals surface area (Å²) in [6, 6.07) is -1.02. The second-order valence-electron chi connectivity index (χ2n) is 6.78. The van der Waals surface area contributed by atoms with Crippen molar-refractivity contribution in [3.63, 3.8) is 0 Å². The van der Waals surface area contributed by atoms with Crippen molar-refractivity contribution >= 4 is 23.4 Å². The van der Waals surface area contributed by atoms with E-state index in [-0.39, 0.29) is 24.9 Å². The third kappa shape index (κ3) is 2.75. The first-order valence-electron chi connectivity index (χ1n) is 8.69. The maximum absolute atomic E-state index is 15.1. The van der Waals surface area contributed by atoms with Gasteiger partial charge in [-0.1, -0.05) is 0 Å². The summed E-state index contributed by atoms with van der Waals surface area (Å²) in [6.45, 7) is 1.26. The van der Waals surface area contributed by atoms with Crippen molar-refractivity contribution in [2.45, 2.75) is 25.4 Å². The van der Waals surface area contributed by atoms with Gasteiger partial charge in [-0.2, -0.15) is 0 Å². The van der Waals surface area contributed by atoms with Gasteiger partial charge in [0.15, 0.2) is 17.5 Å². The van der Waals surface area contributed by atoms with Crippen LogP contribution in [0.4, 0.5) is 18.9 Å². The highest BCUT2D eigenvalue weighted by Gasteiger charge is 2.44. The number of nitrogens with zero attached hydrogens (tertiary/aromatic N) is 2. The van der Waals surface area contributed by atoms with Gasteiger partial charge in [0.25, 0.3) is 5.91 Å². The minimum Gasteiger partial charge on any atom is -0.364 e. The Bertz CT molecular complexity index is 855. The summed E-state index contributed by atoms with van der Waals surface area (Å²) >= 11 is 0. The second-order valence-corrected chi connectivity index (χ2v) is 6.78. The van der Waals surface area contributed by atoms with Crippen LogP contribution in [0.1, 0.15) is 28.8 Å². The van der Waals surface area contributed by atoms with E-state index in [9.17, 15) is 23.2 Å². The third-order valence-corrected chi connectivity index (χ3v) is 5.22. The number of rotatable bonds is 2. The van der Waals surface area contributed by atoms with Gasteiger partial charge in [-0.15, -0.1) is 0 Å². The number of hydrogen-bond acceptors (Lipinski definition) is 5. The Morgan fingerprint density at radius 2 is 1.67 bits per heavy atom. The molecule has 0 spiro atoms. The van der Waals surface area contributed by atoms with Crippen LogP contribution in [0.25, 0.3) is 0 Å². The van der Waals surface area contributed by atoms with E-state index >= 15 is 4.39 Å². The van der Waals surface area contributed by atoms with Gasteiger partial charge in [0, 0.05) is 38.2 Å². The number of benzene rings is 1. The van der Waals surface area contributed by atoms with Crippen molar-refractivity contribution in [2.24, 2.45) is 0 Å². The van der Waals surface area contributed by atoms with Crippen LogP contribution >= 0.6 is 0 Å². The molecule has 144 valence electrons. The highest BCUT2D eigenvalue weighted by molar-refractivity contribution is 6.05. The number of amides is 3. The molecule has 2 saturated heterocycles. The Kier molecular flexibility index (Phi) is 4.29. The quantitative estimate of drug-likeness (QED) is 0.567. The lowest BCUT2D eigenvalue weighted by Crippen LogP contribution is -2.52. The molecule has 0 aromatic heterocycles. The molecular weight excluding hydrogens is 365 g/mol. The summed E-state index contributed by atoms with van der Waals surface area (Å²) in [6.07, 6.45) is 0.0721. The highest BCUT2D eigenvalue weighted by atomic mass is 19.2. The molecule has 7 nitrogen and oxygen atoms in total. The van der Waals surface area contributed by atoms with Crippen LogP contribution in [0.5, 0.6) is 0 Å². The van der Waals surface area contributed by atoms with Gasteiger partial charge in [0.1, 0.15) is 11.7 Å². The fourth-order valence-electron chi connectivity index (χ4n) is 3.85. The number of hydrogen-bond donors (Lipinski definition) is 2. The van der Waals surface area contributed by atoms with Gasteiger partial charge in [-0.05, 0) is 6.42 Å².